The summed E-state index contributed by atoms with van der Waals surface area (Å²) in [5.41, 5.74) is 1.27. The van der Waals surface area contributed by atoms with Crippen molar-refractivity contribution in [1.29, 1.82) is 0 Å². The molecule has 0 amide bonds. The van der Waals surface area contributed by atoms with Gasteiger partial charge in [0.25, 0.3) is 0 Å². The summed E-state index contributed by atoms with van der Waals surface area (Å²) in [4.78, 5) is 49.8. The smallest absolute Gasteiger partial charge is 0.205 e. The Kier molecular flexibility index (Phi) is 6.04. The van der Waals surface area contributed by atoms with Crippen molar-refractivity contribution in [3.05, 3.63) is 96.1 Å². The Hall–Kier alpha value is -3.92. The van der Waals surface area contributed by atoms with Crippen LogP contribution in [0.1, 0.15) is 41.6 Å². The standard InChI is InChI=1S/C28H22O4/c1-18(29)27(31)17-21(30)16-26(24-14-6-10-19-8-2-4-12-22(19)24)28(32)25-15-7-11-20-9-3-5-13-23(20)25/h2-15,26H,16-17H2,1H3. The normalized spacial score (nSPS) is 11.9. The molecule has 0 fully saturated rings. The maximum Gasteiger partial charge on any atom is 0.205 e. The zero-order valence-corrected chi connectivity index (χ0v) is 17.7. The van der Waals surface area contributed by atoms with Gasteiger partial charge in [0, 0.05) is 18.9 Å². The van der Waals surface area contributed by atoms with Gasteiger partial charge in [-0.25, -0.2) is 0 Å². The molecule has 4 nitrogen and oxygen atoms in total. The fraction of sp³-hybridized carbons (Fsp3) is 0.143. The van der Waals surface area contributed by atoms with Gasteiger partial charge in [0.1, 0.15) is 5.78 Å². The molecule has 0 aliphatic rings. The fourth-order valence-corrected chi connectivity index (χ4v) is 4.13. The molecule has 0 aliphatic carbocycles. The van der Waals surface area contributed by atoms with E-state index in [4.69, 9.17) is 0 Å². The maximum atomic E-state index is 13.9. The first-order chi connectivity index (χ1) is 15.5. The van der Waals surface area contributed by atoms with Crippen LogP contribution in [0.2, 0.25) is 0 Å². The van der Waals surface area contributed by atoms with Gasteiger partial charge in [-0.2, -0.15) is 0 Å². The highest BCUT2D eigenvalue weighted by atomic mass is 16.2. The van der Waals surface area contributed by atoms with E-state index in [1.165, 1.54) is 0 Å². The van der Waals surface area contributed by atoms with Crippen molar-refractivity contribution in [1.82, 2.24) is 0 Å². The fourth-order valence-electron chi connectivity index (χ4n) is 4.13. The zero-order valence-electron chi connectivity index (χ0n) is 17.7. The Bertz CT molecular complexity index is 1360. The minimum absolute atomic E-state index is 0.144. The van der Waals surface area contributed by atoms with Crippen LogP contribution in [0.15, 0.2) is 84.9 Å². The molecular weight excluding hydrogens is 400 g/mol. The summed E-state index contributed by atoms with van der Waals surface area (Å²) in [7, 11) is 0. The number of Topliss-reactive ketones (excluding diaryl/α,β-unsaturated/α-hetero) is 4. The van der Waals surface area contributed by atoms with E-state index in [1.807, 2.05) is 78.9 Å². The van der Waals surface area contributed by atoms with Gasteiger partial charge in [0.15, 0.2) is 11.6 Å². The van der Waals surface area contributed by atoms with Crippen molar-refractivity contribution in [2.24, 2.45) is 0 Å². The van der Waals surface area contributed by atoms with E-state index >= 15 is 0 Å². The summed E-state index contributed by atoms with van der Waals surface area (Å²) >= 11 is 0. The Morgan fingerprint density at radius 2 is 1.25 bits per heavy atom. The maximum absolute atomic E-state index is 13.9. The largest absolute Gasteiger partial charge is 0.299 e. The molecule has 1 unspecified atom stereocenters. The van der Waals surface area contributed by atoms with E-state index in [9.17, 15) is 19.2 Å². The van der Waals surface area contributed by atoms with Crippen LogP contribution in [0.25, 0.3) is 21.5 Å². The van der Waals surface area contributed by atoms with Crippen molar-refractivity contribution in [2.75, 3.05) is 0 Å². The molecule has 4 rings (SSSR count). The van der Waals surface area contributed by atoms with E-state index in [-0.39, 0.29) is 12.2 Å². The zero-order chi connectivity index (χ0) is 22.7. The van der Waals surface area contributed by atoms with Crippen molar-refractivity contribution in [2.45, 2.75) is 25.7 Å². The average Bonchev–Trinajstić information content (AvgIpc) is 2.81. The third-order valence-corrected chi connectivity index (χ3v) is 5.75. The molecule has 0 spiro atoms. The van der Waals surface area contributed by atoms with Crippen LogP contribution in [0.5, 0.6) is 0 Å². The number of hydrogen-bond donors (Lipinski definition) is 0. The lowest BCUT2D eigenvalue weighted by Gasteiger charge is -2.19. The summed E-state index contributed by atoms with van der Waals surface area (Å²) in [6, 6.07) is 26.6. The second-order valence-corrected chi connectivity index (χ2v) is 7.91. The number of hydrogen-bond acceptors (Lipinski definition) is 4. The molecule has 32 heavy (non-hydrogen) atoms. The van der Waals surface area contributed by atoms with Crippen molar-refractivity contribution >= 4 is 44.7 Å². The van der Waals surface area contributed by atoms with Crippen LogP contribution in [0.4, 0.5) is 0 Å². The average molecular weight is 422 g/mol. The Labute approximate surface area is 185 Å². The molecule has 4 aromatic carbocycles. The Balaban J connectivity index is 1.81. The first kappa shape index (κ1) is 21.3. The molecule has 158 valence electrons. The summed E-state index contributed by atoms with van der Waals surface area (Å²) in [5, 5.41) is 3.61. The van der Waals surface area contributed by atoms with Crippen molar-refractivity contribution < 1.29 is 19.2 Å². The van der Waals surface area contributed by atoms with Gasteiger partial charge in [0.2, 0.25) is 5.78 Å². The quantitative estimate of drug-likeness (QED) is 0.215. The lowest BCUT2D eigenvalue weighted by Crippen LogP contribution is -2.21. The highest BCUT2D eigenvalue weighted by Gasteiger charge is 2.28. The van der Waals surface area contributed by atoms with Crippen LogP contribution in [-0.2, 0) is 14.4 Å². The van der Waals surface area contributed by atoms with E-state index < -0.39 is 29.7 Å². The third-order valence-electron chi connectivity index (χ3n) is 5.75. The van der Waals surface area contributed by atoms with Gasteiger partial charge in [-0.1, -0.05) is 84.9 Å². The molecule has 0 aromatic heterocycles. The van der Waals surface area contributed by atoms with Crippen LogP contribution < -0.4 is 0 Å². The highest BCUT2D eigenvalue weighted by molar-refractivity contribution is 6.39. The predicted molar refractivity (Wildman–Crippen MR) is 125 cm³/mol. The van der Waals surface area contributed by atoms with E-state index in [0.717, 1.165) is 34.0 Å². The molecule has 0 bridgehead atoms. The van der Waals surface area contributed by atoms with Crippen LogP contribution >= 0.6 is 0 Å². The SMILES string of the molecule is CC(=O)C(=O)CC(=O)CC(C(=O)c1cccc2ccccc12)c1cccc2ccccc12. The second kappa shape index (κ2) is 9.06. The van der Waals surface area contributed by atoms with Crippen molar-refractivity contribution in [3.8, 4) is 0 Å². The molecule has 0 saturated carbocycles. The number of carbonyl (C=O) groups is 4. The summed E-state index contributed by atoms with van der Waals surface area (Å²) in [6.45, 7) is 1.15. The number of benzene rings is 4. The van der Waals surface area contributed by atoms with Crippen LogP contribution in [0, 0.1) is 0 Å². The molecule has 0 heterocycles. The van der Waals surface area contributed by atoms with Gasteiger partial charge in [-0.05, 0) is 27.1 Å². The molecule has 0 saturated heterocycles. The van der Waals surface area contributed by atoms with E-state index in [2.05, 4.69) is 0 Å². The van der Waals surface area contributed by atoms with E-state index in [1.54, 1.807) is 6.07 Å². The Morgan fingerprint density at radius 3 is 1.94 bits per heavy atom. The molecule has 0 aliphatic heterocycles. The molecule has 0 N–H and O–H groups in total. The minimum atomic E-state index is -0.765. The number of rotatable bonds is 8. The first-order valence-electron chi connectivity index (χ1n) is 10.5. The molecule has 4 heteroatoms. The third kappa shape index (κ3) is 4.26. The number of fused-ring (bicyclic) bond motifs is 2. The lowest BCUT2D eigenvalue weighted by molar-refractivity contribution is -0.137. The number of ketones is 4. The molecular formula is C28H22O4. The molecule has 1 atom stereocenters. The van der Waals surface area contributed by atoms with Gasteiger partial charge in [0.05, 0.1) is 12.3 Å². The topological polar surface area (TPSA) is 68.3 Å². The second-order valence-electron chi connectivity index (χ2n) is 7.91. The molecule has 4 aromatic rings. The van der Waals surface area contributed by atoms with Gasteiger partial charge in [-0.15, -0.1) is 0 Å². The highest BCUT2D eigenvalue weighted by Crippen LogP contribution is 2.33. The van der Waals surface area contributed by atoms with Crippen molar-refractivity contribution in [3.63, 3.8) is 0 Å². The van der Waals surface area contributed by atoms with Gasteiger partial charge >= 0.3 is 0 Å². The summed E-state index contributed by atoms with van der Waals surface area (Å²) in [5.74, 6) is -2.75. The van der Waals surface area contributed by atoms with Crippen LogP contribution in [0.3, 0.4) is 0 Å². The monoisotopic (exact) mass is 422 g/mol. The van der Waals surface area contributed by atoms with Gasteiger partial charge < -0.3 is 0 Å². The van der Waals surface area contributed by atoms with E-state index in [0.29, 0.717) is 5.56 Å². The first-order valence-corrected chi connectivity index (χ1v) is 10.5. The van der Waals surface area contributed by atoms with Gasteiger partial charge in [-0.3, -0.25) is 19.2 Å². The summed E-state index contributed by atoms with van der Waals surface area (Å²) in [6.07, 6.45) is -0.630. The minimum Gasteiger partial charge on any atom is -0.299 e. The van der Waals surface area contributed by atoms with Crippen LogP contribution in [-0.4, -0.2) is 23.1 Å². The lowest BCUT2D eigenvalue weighted by atomic mass is 9.82. The Morgan fingerprint density at radius 1 is 0.688 bits per heavy atom. The summed E-state index contributed by atoms with van der Waals surface area (Å²) < 4.78 is 0. The predicted octanol–water partition coefficient (Wildman–Crippen LogP) is 5.47. The molecule has 0 radical (unpaired) electrons. The number of carbonyl (C=O) groups excluding carboxylic acids is 4.